The second kappa shape index (κ2) is 7.02. The molecular weight excluding hydrogens is 379 g/mol. The molecule has 3 rings (SSSR count). The molecule has 0 amide bonds. The fraction of sp³-hybridized carbons (Fsp3) is 0.647. The molecule has 134 valence electrons. The molecule has 0 saturated carbocycles. The maximum absolute atomic E-state index is 10.3. The number of methoxy groups -OCH3 is 2. The zero-order chi connectivity index (χ0) is 17.4. The minimum atomic E-state index is -1.12. The third-order valence-electron chi connectivity index (χ3n) is 4.72. The van der Waals surface area contributed by atoms with Crippen LogP contribution in [-0.2, 0) is 23.7 Å². The molecule has 0 aromatic heterocycles. The van der Waals surface area contributed by atoms with Crippen LogP contribution in [0.1, 0.15) is 13.8 Å². The number of rotatable bonds is 4. The quantitative estimate of drug-likeness (QED) is 0.727. The summed E-state index contributed by atoms with van der Waals surface area (Å²) >= 11 is 0.0170. The molecule has 2 aliphatic heterocycles. The van der Waals surface area contributed by atoms with Crippen molar-refractivity contribution in [2.75, 3.05) is 20.8 Å². The summed E-state index contributed by atoms with van der Waals surface area (Å²) in [6.07, 6.45) is -1.72. The van der Waals surface area contributed by atoms with Crippen molar-refractivity contribution in [3.63, 3.8) is 0 Å². The van der Waals surface area contributed by atoms with E-state index in [1.807, 2.05) is 18.2 Å². The zero-order valence-corrected chi connectivity index (χ0v) is 16.0. The Hall–Kier alpha value is -0.501. The van der Waals surface area contributed by atoms with E-state index in [1.165, 1.54) is 11.6 Å². The van der Waals surface area contributed by atoms with Gasteiger partial charge in [-0.2, -0.15) is 0 Å². The molecule has 2 saturated heterocycles. The number of benzene rings is 1. The van der Waals surface area contributed by atoms with Crippen LogP contribution in [-0.4, -0.2) is 75.8 Å². The van der Waals surface area contributed by atoms with Gasteiger partial charge in [-0.25, -0.2) is 0 Å². The van der Waals surface area contributed by atoms with Crippen molar-refractivity contribution in [3.05, 3.63) is 30.3 Å². The molecule has 0 radical (unpaired) electrons. The van der Waals surface area contributed by atoms with Crippen LogP contribution < -0.4 is 4.46 Å². The first-order valence-corrected chi connectivity index (χ1v) is 9.74. The van der Waals surface area contributed by atoms with Crippen LogP contribution in [0.25, 0.3) is 0 Å². The van der Waals surface area contributed by atoms with Crippen LogP contribution in [0.4, 0.5) is 0 Å². The van der Waals surface area contributed by atoms with Crippen LogP contribution in [0, 0.1) is 0 Å². The van der Waals surface area contributed by atoms with Gasteiger partial charge in [0.25, 0.3) is 0 Å². The molecule has 24 heavy (non-hydrogen) atoms. The van der Waals surface area contributed by atoms with Crippen molar-refractivity contribution < 1.29 is 28.8 Å². The second-order valence-electron chi connectivity index (χ2n) is 6.16. The molecular formula is C17H24O6Se. The first-order valence-electron chi connectivity index (χ1n) is 7.90. The van der Waals surface area contributed by atoms with Crippen molar-refractivity contribution in [2.45, 2.75) is 48.7 Å². The number of hydrogen-bond acceptors (Lipinski definition) is 6. The number of aliphatic hydroxyl groups is 1. The van der Waals surface area contributed by atoms with Gasteiger partial charge in [-0.05, 0) is 0 Å². The Kier molecular flexibility index (Phi) is 5.35. The topological polar surface area (TPSA) is 66.4 Å². The van der Waals surface area contributed by atoms with Crippen molar-refractivity contribution in [2.24, 2.45) is 0 Å². The fourth-order valence-electron chi connectivity index (χ4n) is 2.96. The molecule has 2 fully saturated rings. The molecule has 0 aliphatic carbocycles. The van der Waals surface area contributed by atoms with E-state index in [0.717, 1.165) is 0 Å². The van der Waals surface area contributed by atoms with E-state index >= 15 is 0 Å². The van der Waals surface area contributed by atoms with Gasteiger partial charge in [0.1, 0.15) is 0 Å². The number of aliphatic hydroxyl groups excluding tert-OH is 1. The molecule has 0 bridgehead atoms. The molecule has 1 N–H and O–H groups in total. The Morgan fingerprint density at radius 1 is 1.04 bits per heavy atom. The van der Waals surface area contributed by atoms with Crippen molar-refractivity contribution in [1.82, 2.24) is 0 Å². The summed E-state index contributed by atoms with van der Waals surface area (Å²) in [6, 6.07) is 10.1. The molecule has 0 spiro atoms. The van der Waals surface area contributed by atoms with Gasteiger partial charge in [0.05, 0.1) is 0 Å². The number of hydrogen-bond donors (Lipinski definition) is 1. The number of fused-ring (bicyclic) bond motifs is 1. The molecule has 6 nitrogen and oxygen atoms in total. The van der Waals surface area contributed by atoms with Gasteiger partial charge in [0, 0.05) is 0 Å². The third kappa shape index (κ3) is 3.16. The summed E-state index contributed by atoms with van der Waals surface area (Å²) in [5.41, 5.74) is 0. The van der Waals surface area contributed by atoms with E-state index in [4.69, 9.17) is 23.7 Å². The average Bonchev–Trinajstić information content (AvgIpc) is 2.60. The predicted octanol–water partition coefficient (Wildman–Crippen LogP) is 0.242. The molecule has 2 heterocycles. The minimum absolute atomic E-state index is 0.0170. The standard InChI is InChI=1S/C17H24O6Se/c1-16(19-3)17(2,20-4)23-14-13(22-16)12(18)10-21-15(14)24-11-8-6-5-7-9-11/h5-9,12-15,18H,10H2,1-4H3/t12-,13+,14-,15+,16+,17-/m1/s1. The number of ether oxygens (including phenoxy) is 5. The van der Waals surface area contributed by atoms with Crippen LogP contribution in [0.15, 0.2) is 30.3 Å². The molecule has 2 aliphatic rings. The summed E-state index contributed by atoms with van der Waals surface area (Å²) in [7, 11) is 3.09. The first kappa shape index (κ1) is 18.3. The van der Waals surface area contributed by atoms with Gasteiger partial charge in [0.15, 0.2) is 0 Å². The van der Waals surface area contributed by atoms with Gasteiger partial charge in [-0.3, -0.25) is 0 Å². The van der Waals surface area contributed by atoms with Crippen LogP contribution in [0.3, 0.4) is 0 Å². The van der Waals surface area contributed by atoms with Gasteiger partial charge in [0.2, 0.25) is 0 Å². The SMILES string of the molecule is CO[C@@]1(C)O[C@@H]2[C@@H](O[C@@]1(C)OC)[C@H]([Se]c1ccccc1)OC[C@H]2O. The van der Waals surface area contributed by atoms with Gasteiger partial charge >= 0.3 is 148 Å². The summed E-state index contributed by atoms with van der Waals surface area (Å²) in [6.45, 7) is 3.75. The Bertz CT molecular complexity index is 557. The van der Waals surface area contributed by atoms with E-state index in [0.29, 0.717) is 0 Å². The monoisotopic (exact) mass is 404 g/mol. The summed E-state index contributed by atoms with van der Waals surface area (Å²) in [4.78, 5) is 0. The third-order valence-corrected chi connectivity index (χ3v) is 7.20. The molecule has 7 heteroatoms. The van der Waals surface area contributed by atoms with E-state index in [2.05, 4.69) is 12.1 Å². The molecule has 6 atom stereocenters. The molecule has 0 unspecified atom stereocenters. The Morgan fingerprint density at radius 3 is 2.21 bits per heavy atom. The maximum atomic E-state index is 10.3. The predicted molar refractivity (Wildman–Crippen MR) is 88.2 cm³/mol. The van der Waals surface area contributed by atoms with E-state index in [9.17, 15) is 5.11 Å². The molecule has 1 aromatic rings. The molecule has 1 aromatic carbocycles. The van der Waals surface area contributed by atoms with Crippen molar-refractivity contribution in [3.8, 4) is 0 Å². The van der Waals surface area contributed by atoms with E-state index in [-0.39, 0.29) is 26.6 Å². The van der Waals surface area contributed by atoms with Crippen molar-refractivity contribution >= 4 is 19.4 Å². The fourth-order valence-corrected chi connectivity index (χ4v) is 5.21. The van der Waals surface area contributed by atoms with Gasteiger partial charge in [-0.15, -0.1) is 0 Å². The van der Waals surface area contributed by atoms with Crippen LogP contribution in [0.5, 0.6) is 0 Å². The van der Waals surface area contributed by atoms with Crippen molar-refractivity contribution in [1.29, 1.82) is 0 Å². The summed E-state index contributed by atoms with van der Waals surface area (Å²) in [5, 5.41) is 10.2. The average molecular weight is 403 g/mol. The zero-order valence-electron chi connectivity index (χ0n) is 14.3. The first-order chi connectivity index (χ1) is 11.4. The Labute approximate surface area is 148 Å². The van der Waals surface area contributed by atoms with Gasteiger partial charge in [-0.1, -0.05) is 0 Å². The van der Waals surface area contributed by atoms with Crippen LogP contribution in [0.2, 0.25) is 0 Å². The Morgan fingerprint density at radius 2 is 1.62 bits per heavy atom. The van der Waals surface area contributed by atoms with Crippen LogP contribution >= 0.6 is 0 Å². The van der Waals surface area contributed by atoms with Gasteiger partial charge < -0.3 is 0 Å². The van der Waals surface area contributed by atoms with E-state index in [1.54, 1.807) is 21.0 Å². The normalized spacial score (nSPS) is 42.5. The summed E-state index contributed by atoms with van der Waals surface area (Å²) in [5.74, 6) is -2.22. The summed E-state index contributed by atoms with van der Waals surface area (Å²) < 4.78 is 30.5. The Balaban J connectivity index is 1.85. The second-order valence-corrected chi connectivity index (χ2v) is 8.62. The van der Waals surface area contributed by atoms with E-state index < -0.39 is 29.9 Å².